The monoisotopic (exact) mass is 484 g/mol. The number of ether oxygens (including phenoxy) is 2. The summed E-state index contributed by atoms with van der Waals surface area (Å²) in [5, 5.41) is -0.146. The minimum atomic E-state index is -0.0729. The maximum atomic E-state index is 12.4. The number of thioether (sulfide) groups is 2. The number of hydrogen-bond acceptors (Lipinski definition) is 8. The van der Waals surface area contributed by atoms with Gasteiger partial charge in [0.05, 0.1) is 36.3 Å². The number of nitrogens with zero attached hydrogens (tertiary/aromatic N) is 2. The first-order valence-corrected chi connectivity index (χ1v) is 12.5. The summed E-state index contributed by atoms with van der Waals surface area (Å²) in [5.41, 5.74) is 3.04. The number of imidazole rings is 2. The Morgan fingerprint density at radius 3 is 1.64 bits per heavy atom. The third-order valence-corrected chi connectivity index (χ3v) is 6.92. The average molecular weight is 485 g/mol. The molecule has 0 bridgehead atoms. The molecular weight excluding hydrogens is 460 g/mol. The Bertz CT molecular complexity index is 1190. The van der Waals surface area contributed by atoms with Crippen molar-refractivity contribution in [1.82, 2.24) is 19.9 Å². The Morgan fingerprint density at radius 1 is 0.758 bits per heavy atom. The highest BCUT2D eigenvalue weighted by atomic mass is 32.2. The molecule has 4 aromatic rings. The first-order chi connectivity index (χ1) is 16.1. The second-order valence-corrected chi connectivity index (χ2v) is 9.40. The van der Waals surface area contributed by atoms with Crippen LogP contribution in [0.5, 0.6) is 11.5 Å². The lowest BCUT2D eigenvalue weighted by molar-refractivity contribution is 0.107. The Hall–Kier alpha value is -2.98. The smallest absolute Gasteiger partial charge is 0.254 e. The van der Waals surface area contributed by atoms with Gasteiger partial charge in [-0.3, -0.25) is 9.59 Å². The zero-order valence-corrected chi connectivity index (χ0v) is 20.0. The zero-order chi connectivity index (χ0) is 23.2. The SMILES string of the molecule is COc1ccc2nc(C(=O)SCCCCCSC(=O)c3nc4ccc(OC)cc4[nH]3)[nH]c2c1. The number of unbranched alkanes of at least 4 members (excludes halogenated alkanes) is 2. The number of rotatable bonds is 10. The lowest BCUT2D eigenvalue weighted by Crippen LogP contribution is -1.99. The predicted octanol–water partition coefficient (Wildman–Crippen LogP) is 5.07. The third kappa shape index (κ3) is 5.69. The Morgan fingerprint density at radius 2 is 1.21 bits per heavy atom. The van der Waals surface area contributed by atoms with E-state index in [0.29, 0.717) is 23.2 Å². The molecule has 0 radical (unpaired) electrons. The van der Waals surface area contributed by atoms with E-state index in [2.05, 4.69) is 19.9 Å². The molecule has 0 aliphatic heterocycles. The van der Waals surface area contributed by atoms with Gasteiger partial charge < -0.3 is 19.4 Å². The molecule has 4 rings (SSSR count). The summed E-state index contributed by atoms with van der Waals surface area (Å²) in [6.45, 7) is 0. The highest BCUT2D eigenvalue weighted by molar-refractivity contribution is 8.14. The van der Waals surface area contributed by atoms with Crippen LogP contribution in [0.4, 0.5) is 0 Å². The lowest BCUT2D eigenvalue weighted by atomic mass is 10.3. The van der Waals surface area contributed by atoms with E-state index in [4.69, 9.17) is 9.47 Å². The Labute approximate surface area is 199 Å². The largest absolute Gasteiger partial charge is 0.497 e. The zero-order valence-electron chi connectivity index (χ0n) is 18.3. The van der Waals surface area contributed by atoms with Crippen LogP contribution in [0.15, 0.2) is 36.4 Å². The minimum Gasteiger partial charge on any atom is -0.497 e. The summed E-state index contributed by atoms with van der Waals surface area (Å²) in [6, 6.07) is 10.9. The van der Waals surface area contributed by atoms with Crippen molar-refractivity contribution in [1.29, 1.82) is 0 Å². The number of carbonyl (C=O) groups excluding carboxylic acids is 2. The highest BCUT2D eigenvalue weighted by Crippen LogP contribution is 2.23. The molecule has 10 heteroatoms. The standard InChI is InChI=1S/C23H24N4O4S2/c1-30-14-6-8-16-18(12-14)26-20(24-16)22(28)32-10-4-3-5-11-33-23(29)21-25-17-9-7-15(31-2)13-19(17)27-21/h6-9,12-13H,3-5,10-11H2,1-2H3,(H,24,26)(H,25,27). The molecule has 172 valence electrons. The molecule has 33 heavy (non-hydrogen) atoms. The molecule has 0 unspecified atom stereocenters. The Kier molecular flexibility index (Phi) is 7.56. The molecular formula is C23H24N4O4S2. The predicted molar refractivity (Wildman–Crippen MR) is 133 cm³/mol. The fourth-order valence-corrected chi connectivity index (χ4v) is 4.81. The fraction of sp³-hybridized carbons (Fsp3) is 0.304. The molecule has 0 saturated heterocycles. The van der Waals surface area contributed by atoms with Gasteiger partial charge in [-0.05, 0) is 37.1 Å². The first-order valence-electron chi connectivity index (χ1n) is 10.5. The molecule has 0 atom stereocenters. The van der Waals surface area contributed by atoms with Crippen LogP contribution >= 0.6 is 23.5 Å². The van der Waals surface area contributed by atoms with Gasteiger partial charge in [-0.15, -0.1) is 0 Å². The van der Waals surface area contributed by atoms with Crippen molar-refractivity contribution in [2.45, 2.75) is 19.3 Å². The molecule has 0 amide bonds. The topological polar surface area (TPSA) is 110 Å². The summed E-state index contributed by atoms with van der Waals surface area (Å²) in [6.07, 6.45) is 2.72. The summed E-state index contributed by atoms with van der Waals surface area (Å²) < 4.78 is 10.4. The van der Waals surface area contributed by atoms with Gasteiger partial charge in [0, 0.05) is 23.6 Å². The molecule has 2 aromatic heterocycles. The number of nitrogens with one attached hydrogen (secondary N) is 2. The third-order valence-electron chi connectivity index (χ3n) is 5.02. The maximum Gasteiger partial charge on any atom is 0.254 e. The van der Waals surface area contributed by atoms with Crippen molar-refractivity contribution in [3.05, 3.63) is 48.0 Å². The number of aromatic nitrogens is 4. The van der Waals surface area contributed by atoms with E-state index in [1.165, 1.54) is 23.5 Å². The van der Waals surface area contributed by atoms with Gasteiger partial charge in [-0.2, -0.15) is 0 Å². The molecule has 2 heterocycles. The molecule has 0 aliphatic rings. The van der Waals surface area contributed by atoms with E-state index in [1.807, 2.05) is 36.4 Å². The van der Waals surface area contributed by atoms with Crippen LogP contribution in [-0.4, -0.2) is 55.9 Å². The number of fused-ring (bicyclic) bond motifs is 2. The average Bonchev–Trinajstić information content (AvgIpc) is 3.46. The molecule has 0 aliphatic carbocycles. The number of carbonyl (C=O) groups is 2. The van der Waals surface area contributed by atoms with Crippen LogP contribution in [0.1, 0.15) is 40.5 Å². The van der Waals surface area contributed by atoms with Crippen LogP contribution < -0.4 is 9.47 Å². The number of aromatic amines is 2. The first kappa shape index (κ1) is 23.2. The van der Waals surface area contributed by atoms with Crippen molar-refractivity contribution in [3.63, 3.8) is 0 Å². The van der Waals surface area contributed by atoms with E-state index in [-0.39, 0.29) is 10.2 Å². The highest BCUT2D eigenvalue weighted by Gasteiger charge is 2.14. The molecule has 0 spiro atoms. The van der Waals surface area contributed by atoms with Gasteiger partial charge in [-0.25, -0.2) is 9.97 Å². The number of hydrogen-bond donors (Lipinski definition) is 2. The van der Waals surface area contributed by atoms with Crippen molar-refractivity contribution >= 4 is 55.8 Å². The molecule has 8 nitrogen and oxygen atoms in total. The Balaban J connectivity index is 1.16. The number of methoxy groups -OCH3 is 2. The van der Waals surface area contributed by atoms with E-state index in [9.17, 15) is 9.59 Å². The normalized spacial score (nSPS) is 11.2. The van der Waals surface area contributed by atoms with E-state index < -0.39 is 0 Å². The van der Waals surface area contributed by atoms with Gasteiger partial charge in [0.2, 0.25) is 0 Å². The van der Waals surface area contributed by atoms with Crippen LogP contribution in [0.2, 0.25) is 0 Å². The van der Waals surface area contributed by atoms with E-state index in [0.717, 1.165) is 52.8 Å². The van der Waals surface area contributed by atoms with Crippen molar-refractivity contribution in [2.75, 3.05) is 25.7 Å². The van der Waals surface area contributed by atoms with Crippen LogP contribution in [-0.2, 0) is 0 Å². The van der Waals surface area contributed by atoms with Gasteiger partial charge in [0.1, 0.15) is 11.5 Å². The van der Waals surface area contributed by atoms with Crippen LogP contribution in [0, 0.1) is 0 Å². The van der Waals surface area contributed by atoms with Gasteiger partial charge >= 0.3 is 0 Å². The number of H-pyrrole nitrogens is 2. The molecule has 2 aromatic carbocycles. The summed E-state index contributed by atoms with van der Waals surface area (Å²) in [5.74, 6) is 3.57. The lowest BCUT2D eigenvalue weighted by Gasteiger charge is -2.00. The molecule has 2 N–H and O–H groups in total. The second kappa shape index (κ2) is 10.8. The number of benzene rings is 2. The summed E-state index contributed by atoms with van der Waals surface area (Å²) in [7, 11) is 3.20. The van der Waals surface area contributed by atoms with Gasteiger partial charge in [-0.1, -0.05) is 29.9 Å². The fourth-order valence-electron chi connectivity index (χ4n) is 3.27. The second-order valence-electron chi connectivity index (χ2n) is 7.27. The van der Waals surface area contributed by atoms with E-state index in [1.54, 1.807) is 14.2 Å². The molecule has 0 saturated carbocycles. The van der Waals surface area contributed by atoms with Gasteiger partial charge in [0.25, 0.3) is 10.2 Å². The van der Waals surface area contributed by atoms with Gasteiger partial charge in [0.15, 0.2) is 11.6 Å². The van der Waals surface area contributed by atoms with Crippen molar-refractivity contribution < 1.29 is 19.1 Å². The summed E-state index contributed by atoms with van der Waals surface area (Å²) in [4.78, 5) is 39.6. The van der Waals surface area contributed by atoms with Crippen LogP contribution in [0.3, 0.4) is 0 Å². The minimum absolute atomic E-state index is 0.0729. The maximum absolute atomic E-state index is 12.4. The summed E-state index contributed by atoms with van der Waals surface area (Å²) >= 11 is 2.52. The molecule has 0 fully saturated rings. The van der Waals surface area contributed by atoms with Crippen molar-refractivity contribution in [2.24, 2.45) is 0 Å². The van der Waals surface area contributed by atoms with Crippen molar-refractivity contribution in [3.8, 4) is 11.5 Å². The quantitative estimate of drug-likeness (QED) is 0.300. The van der Waals surface area contributed by atoms with E-state index >= 15 is 0 Å². The van der Waals surface area contributed by atoms with Crippen LogP contribution in [0.25, 0.3) is 22.1 Å².